The summed E-state index contributed by atoms with van der Waals surface area (Å²) in [6.45, 7) is 7.58. The van der Waals surface area contributed by atoms with E-state index in [0.717, 1.165) is 19.4 Å². The predicted octanol–water partition coefficient (Wildman–Crippen LogP) is 1.91. The van der Waals surface area contributed by atoms with Crippen LogP contribution in [0.25, 0.3) is 0 Å². The molecule has 0 aromatic rings. The number of hydrogen-bond acceptors (Lipinski definition) is 3. The number of rotatable bonds is 6. The van der Waals surface area contributed by atoms with Gasteiger partial charge in [-0.15, -0.1) is 0 Å². The lowest BCUT2D eigenvalue weighted by Crippen LogP contribution is -2.25. The molecular weight excluding hydrogens is 156 g/mol. The van der Waals surface area contributed by atoms with Crippen LogP contribution in [0.5, 0.6) is 0 Å². The van der Waals surface area contributed by atoms with Gasteiger partial charge in [-0.3, -0.25) is 0 Å². The number of hydrogen-bond donors (Lipinski definition) is 0. The summed E-state index contributed by atoms with van der Waals surface area (Å²) in [5.41, 5.74) is -0.163. The topological polar surface area (TPSA) is 31.0 Å². The zero-order valence-corrected chi connectivity index (χ0v) is 8.13. The molecule has 0 saturated carbocycles. The Hall–Kier alpha value is -0.120. The first-order valence-corrected chi connectivity index (χ1v) is 4.56. The molecule has 1 fully saturated rings. The van der Waals surface area contributed by atoms with Gasteiger partial charge in [0.15, 0.2) is 0 Å². The molecule has 0 spiro atoms. The van der Waals surface area contributed by atoms with Crippen LogP contribution in [-0.2, 0) is 14.5 Å². The predicted molar refractivity (Wildman–Crippen MR) is 45.8 cm³/mol. The molecule has 0 aliphatic carbocycles. The molecule has 1 aliphatic rings. The molecule has 3 nitrogen and oxygen atoms in total. The zero-order valence-electron chi connectivity index (χ0n) is 8.13. The van der Waals surface area contributed by atoms with Gasteiger partial charge in [0.2, 0.25) is 0 Å². The molecule has 0 radical (unpaired) electrons. The van der Waals surface area contributed by atoms with E-state index < -0.39 is 0 Å². The van der Waals surface area contributed by atoms with Crippen molar-refractivity contribution in [1.29, 1.82) is 0 Å². The maximum atomic E-state index is 5.24. The average molecular weight is 174 g/mol. The molecule has 3 heteroatoms. The van der Waals surface area contributed by atoms with E-state index in [-0.39, 0.29) is 11.7 Å². The van der Waals surface area contributed by atoms with Gasteiger partial charge in [-0.1, -0.05) is 13.3 Å². The summed E-state index contributed by atoms with van der Waals surface area (Å²) >= 11 is 0. The minimum Gasteiger partial charge on any atom is -0.370 e. The summed E-state index contributed by atoms with van der Waals surface area (Å²) in [5, 5.41) is 0. The van der Waals surface area contributed by atoms with Crippen LogP contribution in [-0.4, -0.2) is 24.9 Å². The SMILES string of the molecule is CCCC(C)(C)OOCC1CO1. The van der Waals surface area contributed by atoms with Gasteiger partial charge in [0.05, 0.1) is 12.2 Å². The maximum Gasteiger partial charge on any atom is 0.111 e. The molecule has 0 bridgehead atoms. The van der Waals surface area contributed by atoms with Crippen LogP contribution in [0.2, 0.25) is 0 Å². The first kappa shape index (κ1) is 9.96. The van der Waals surface area contributed by atoms with Crippen LogP contribution in [0, 0.1) is 0 Å². The fourth-order valence-corrected chi connectivity index (χ4v) is 1.08. The van der Waals surface area contributed by atoms with E-state index >= 15 is 0 Å². The van der Waals surface area contributed by atoms with Crippen LogP contribution in [0.1, 0.15) is 33.6 Å². The summed E-state index contributed by atoms with van der Waals surface area (Å²) in [5.74, 6) is 0. The van der Waals surface area contributed by atoms with Crippen molar-refractivity contribution in [1.82, 2.24) is 0 Å². The smallest absolute Gasteiger partial charge is 0.111 e. The van der Waals surface area contributed by atoms with Crippen molar-refractivity contribution in [2.24, 2.45) is 0 Å². The molecule has 1 rings (SSSR count). The fourth-order valence-electron chi connectivity index (χ4n) is 1.08. The molecule has 1 aliphatic heterocycles. The largest absolute Gasteiger partial charge is 0.370 e. The lowest BCUT2D eigenvalue weighted by molar-refractivity contribution is -0.355. The quantitative estimate of drug-likeness (QED) is 0.350. The van der Waals surface area contributed by atoms with Gasteiger partial charge in [-0.25, -0.2) is 9.78 Å². The average Bonchev–Trinajstić information content (AvgIpc) is 2.70. The Bertz CT molecular complexity index is 130. The monoisotopic (exact) mass is 174 g/mol. The van der Waals surface area contributed by atoms with Gasteiger partial charge in [0.1, 0.15) is 12.7 Å². The van der Waals surface area contributed by atoms with Gasteiger partial charge in [0.25, 0.3) is 0 Å². The van der Waals surface area contributed by atoms with E-state index in [1.54, 1.807) is 0 Å². The normalized spacial score (nSPS) is 22.8. The van der Waals surface area contributed by atoms with Crippen LogP contribution < -0.4 is 0 Å². The van der Waals surface area contributed by atoms with Gasteiger partial charge in [0, 0.05) is 0 Å². The Morgan fingerprint density at radius 2 is 2.17 bits per heavy atom. The molecule has 1 unspecified atom stereocenters. The van der Waals surface area contributed by atoms with E-state index in [2.05, 4.69) is 6.92 Å². The van der Waals surface area contributed by atoms with Crippen molar-refractivity contribution in [3.63, 3.8) is 0 Å². The van der Waals surface area contributed by atoms with E-state index in [9.17, 15) is 0 Å². The summed E-state index contributed by atoms with van der Waals surface area (Å²) in [6.07, 6.45) is 2.40. The highest BCUT2D eigenvalue weighted by atomic mass is 17.2. The summed E-state index contributed by atoms with van der Waals surface area (Å²) < 4.78 is 4.98. The van der Waals surface area contributed by atoms with Crippen LogP contribution >= 0.6 is 0 Å². The Balaban J connectivity index is 2.01. The third kappa shape index (κ3) is 4.04. The second-order valence-electron chi connectivity index (χ2n) is 3.83. The van der Waals surface area contributed by atoms with Gasteiger partial charge >= 0.3 is 0 Å². The highest BCUT2D eigenvalue weighted by molar-refractivity contribution is 4.67. The van der Waals surface area contributed by atoms with Crippen molar-refractivity contribution >= 4 is 0 Å². The van der Waals surface area contributed by atoms with E-state index in [0.29, 0.717) is 6.61 Å². The van der Waals surface area contributed by atoms with Gasteiger partial charge in [-0.2, -0.15) is 0 Å². The Kier molecular flexibility index (Phi) is 3.50. The minimum absolute atomic E-state index is 0.163. The third-order valence-electron chi connectivity index (χ3n) is 1.79. The zero-order chi connectivity index (χ0) is 9.03. The molecule has 0 aromatic heterocycles. The van der Waals surface area contributed by atoms with Crippen LogP contribution in [0.15, 0.2) is 0 Å². The Morgan fingerprint density at radius 1 is 1.50 bits per heavy atom. The minimum atomic E-state index is -0.163. The van der Waals surface area contributed by atoms with Crippen LogP contribution in [0.3, 0.4) is 0 Å². The molecule has 1 saturated heterocycles. The molecule has 1 heterocycles. The highest BCUT2D eigenvalue weighted by Gasteiger charge is 2.25. The van der Waals surface area contributed by atoms with Gasteiger partial charge in [-0.05, 0) is 20.3 Å². The van der Waals surface area contributed by atoms with Crippen molar-refractivity contribution in [2.45, 2.75) is 45.3 Å². The van der Waals surface area contributed by atoms with Crippen molar-refractivity contribution in [3.8, 4) is 0 Å². The Morgan fingerprint density at radius 3 is 2.67 bits per heavy atom. The van der Waals surface area contributed by atoms with E-state index in [1.165, 1.54) is 0 Å². The van der Waals surface area contributed by atoms with Crippen molar-refractivity contribution in [2.75, 3.05) is 13.2 Å². The summed E-state index contributed by atoms with van der Waals surface area (Å²) in [4.78, 5) is 10.3. The lowest BCUT2D eigenvalue weighted by Gasteiger charge is -2.22. The summed E-state index contributed by atoms with van der Waals surface area (Å²) in [6, 6.07) is 0. The summed E-state index contributed by atoms with van der Waals surface area (Å²) in [7, 11) is 0. The third-order valence-corrected chi connectivity index (χ3v) is 1.79. The maximum absolute atomic E-state index is 5.24. The first-order chi connectivity index (χ1) is 5.64. The fraction of sp³-hybridized carbons (Fsp3) is 1.00. The number of ether oxygens (including phenoxy) is 1. The van der Waals surface area contributed by atoms with Crippen LogP contribution in [0.4, 0.5) is 0 Å². The van der Waals surface area contributed by atoms with Crippen molar-refractivity contribution in [3.05, 3.63) is 0 Å². The lowest BCUT2D eigenvalue weighted by atomic mass is 10.0. The molecule has 72 valence electrons. The number of epoxide rings is 1. The second kappa shape index (κ2) is 4.21. The molecule has 0 amide bonds. The molecule has 0 aromatic carbocycles. The molecule has 12 heavy (non-hydrogen) atoms. The Labute approximate surface area is 73.9 Å². The second-order valence-corrected chi connectivity index (χ2v) is 3.83. The molecule has 0 N–H and O–H groups in total. The molecule has 1 atom stereocenters. The standard InChI is InChI=1S/C9H18O3/c1-4-5-9(2,3)12-11-7-8-6-10-8/h8H,4-7H2,1-3H3. The first-order valence-electron chi connectivity index (χ1n) is 4.56. The van der Waals surface area contributed by atoms with E-state index in [1.807, 2.05) is 13.8 Å². The van der Waals surface area contributed by atoms with Gasteiger partial charge < -0.3 is 4.74 Å². The van der Waals surface area contributed by atoms with E-state index in [4.69, 9.17) is 14.5 Å². The van der Waals surface area contributed by atoms with Crippen molar-refractivity contribution < 1.29 is 14.5 Å². The highest BCUT2D eigenvalue weighted by Crippen LogP contribution is 2.18. The molecular formula is C9H18O3.